The molecule has 0 bridgehead atoms. The second kappa shape index (κ2) is 5.08. The minimum Gasteiger partial charge on any atom is -0.388 e. The van der Waals surface area contributed by atoms with Gasteiger partial charge in [0, 0.05) is 23.7 Å². The maximum absolute atomic E-state index is 10.1. The van der Waals surface area contributed by atoms with Crippen molar-refractivity contribution >= 4 is 27.3 Å². The van der Waals surface area contributed by atoms with E-state index in [0.29, 0.717) is 6.42 Å². The predicted molar refractivity (Wildman–Crippen MR) is 69.7 cm³/mol. The predicted octanol–water partition coefficient (Wildman–Crippen LogP) is 3.49. The zero-order valence-electron chi connectivity index (χ0n) is 8.85. The summed E-state index contributed by atoms with van der Waals surface area (Å²) in [4.78, 5) is 5.25. The molecule has 0 fully saturated rings. The molecule has 84 valence electrons. The van der Waals surface area contributed by atoms with Gasteiger partial charge in [0.05, 0.1) is 9.89 Å². The SMILES string of the molecule is Cc1cncc(C(O)Cc2ccc(Br)s2)c1. The first-order valence-corrected chi connectivity index (χ1v) is 6.60. The van der Waals surface area contributed by atoms with E-state index in [1.54, 1.807) is 23.7 Å². The number of nitrogens with zero attached hydrogens (tertiary/aromatic N) is 1. The third-order valence-electron chi connectivity index (χ3n) is 2.30. The topological polar surface area (TPSA) is 33.1 Å². The Bertz CT molecular complexity index is 483. The summed E-state index contributed by atoms with van der Waals surface area (Å²) in [5.74, 6) is 0. The molecule has 2 nitrogen and oxygen atoms in total. The molecule has 16 heavy (non-hydrogen) atoms. The summed E-state index contributed by atoms with van der Waals surface area (Å²) in [7, 11) is 0. The molecule has 0 aromatic carbocycles. The van der Waals surface area contributed by atoms with Crippen LogP contribution in [0.4, 0.5) is 0 Å². The molecular formula is C12H12BrNOS. The molecule has 0 aliphatic rings. The van der Waals surface area contributed by atoms with Crippen LogP contribution >= 0.6 is 27.3 Å². The molecule has 2 rings (SSSR count). The molecule has 1 N–H and O–H groups in total. The summed E-state index contributed by atoms with van der Waals surface area (Å²) in [6.45, 7) is 1.98. The van der Waals surface area contributed by atoms with Crippen molar-refractivity contribution in [2.24, 2.45) is 0 Å². The lowest BCUT2D eigenvalue weighted by molar-refractivity contribution is 0.179. The van der Waals surface area contributed by atoms with Crippen molar-refractivity contribution in [2.45, 2.75) is 19.4 Å². The van der Waals surface area contributed by atoms with Gasteiger partial charge in [0.25, 0.3) is 0 Å². The first-order valence-electron chi connectivity index (χ1n) is 4.99. The van der Waals surface area contributed by atoms with Crippen molar-refractivity contribution in [1.29, 1.82) is 0 Å². The van der Waals surface area contributed by atoms with Crippen LogP contribution in [0.2, 0.25) is 0 Å². The lowest BCUT2D eigenvalue weighted by Gasteiger charge is -2.09. The van der Waals surface area contributed by atoms with E-state index in [4.69, 9.17) is 0 Å². The van der Waals surface area contributed by atoms with Gasteiger partial charge in [0.2, 0.25) is 0 Å². The summed E-state index contributed by atoms with van der Waals surface area (Å²) in [5.41, 5.74) is 1.95. The van der Waals surface area contributed by atoms with Crippen molar-refractivity contribution in [3.8, 4) is 0 Å². The fourth-order valence-corrected chi connectivity index (χ4v) is 3.05. The molecule has 2 aromatic rings. The normalized spacial score (nSPS) is 12.7. The fourth-order valence-electron chi connectivity index (χ4n) is 1.53. The number of hydrogen-bond donors (Lipinski definition) is 1. The Hall–Kier alpha value is -0.710. The standard InChI is InChI=1S/C12H12BrNOS/c1-8-4-9(7-14-6-8)11(15)5-10-2-3-12(13)16-10/h2-4,6-7,11,15H,5H2,1H3. The van der Waals surface area contributed by atoms with Crippen LogP contribution in [0, 0.1) is 6.92 Å². The van der Waals surface area contributed by atoms with Crippen molar-refractivity contribution in [3.63, 3.8) is 0 Å². The maximum atomic E-state index is 10.1. The largest absolute Gasteiger partial charge is 0.388 e. The molecule has 0 saturated carbocycles. The number of hydrogen-bond acceptors (Lipinski definition) is 3. The number of aryl methyl sites for hydroxylation is 1. The van der Waals surface area contributed by atoms with E-state index in [9.17, 15) is 5.11 Å². The van der Waals surface area contributed by atoms with Crippen molar-refractivity contribution < 1.29 is 5.11 Å². The molecule has 2 heterocycles. The highest BCUT2D eigenvalue weighted by atomic mass is 79.9. The van der Waals surface area contributed by atoms with Gasteiger partial charge in [-0.1, -0.05) is 6.07 Å². The Balaban J connectivity index is 2.11. The lowest BCUT2D eigenvalue weighted by Crippen LogP contribution is -2.01. The fraction of sp³-hybridized carbons (Fsp3) is 0.250. The maximum Gasteiger partial charge on any atom is 0.0853 e. The van der Waals surface area contributed by atoms with Crippen LogP contribution in [0.15, 0.2) is 34.4 Å². The number of rotatable bonds is 3. The van der Waals surface area contributed by atoms with E-state index < -0.39 is 6.10 Å². The van der Waals surface area contributed by atoms with Gasteiger partial charge in [-0.25, -0.2) is 0 Å². The summed E-state index contributed by atoms with van der Waals surface area (Å²) >= 11 is 5.07. The molecular weight excluding hydrogens is 286 g/mol. The number of aliphatic hydroxyl groups is 1. The molecule has 0 aliphatic carbocycles. The third-order valence-corrected chi connectivity index (χ3v) is 3.95. The highest BCUT2D eigenvalue weighted by molar-refractivity contribution is 9.11. The molecule has 0 saturated heterocycles. The Morgan fingerprint density at radius 2 is 2.25 bits per heavy atom. The van der Waals surface area contributed by atoms with Gasteiger partial charge in [-0.2, -0.15) is 0 Å². The van der Waals surface area contributed by atoms with Crippen LogP contribution in [0.25, 0.3) is 0 Å². The third kappa shape index (κ3) is 2.90. The Labute approximate surface area is 107 Å². The van der Waals surface area contributed by atoms with Gasteiger partial charge in [-0.3, -0.25) is 4.98 Å². The summed E-state index contributed by atoms with van der Waals surface area (Å²) < 4.78 is 1.09. The van der Waals surface area contributed by atoms with Crippen molar-refractivity contribution in [1.82, 2.24) is 4.98 Å². The average molecular weight is 298 g/mol. The van der Waals surface area contributed by atoms with Gasteiger partial charge in [-0.05, 0) is 46.1 Å². The van der Waals surface area contributed by atoms with Gasteiger partial charge >= 0.3 is 0 Å². The zero-order chi connectivity index (χ0) is 11.5. The Morgan fingerprint density at radius 3 is 2.88 bits per heavy atom. The summed E-state index contributed by atoms with van der Waals surface area (Å²) in [5, 5.41) is 10.1. The molecule has 0 aliphatic heterocycles. The van der Waals surface area contributed by atoms with E-state index in [0.717, 1.165) is 14.9 Å². The first-order chi connectivity index (χ1) is 7.65. The summed E-state index contributed by atoms with van der Waals surface area (Å²) in [6.07, 6.45) is 3.68. The number of aromatic nitrogens is 1. The average Bonchev–Trinajstić information content (AvgIpc) is 2.64. The minimum absolute atomic E-state index is 0.474. The van der Waals surface area contributed by atoms with Crippen LogP contribution in [-0.4, -0.2) is 10.1 Å². The molecule has 2 aromatic heterocycles. The van der Waals surface area contributed by atoms with Crippen LogP contribution in [0.1, 0.15) is 22.1 Å². The molecule has 0 spiro atoms. The second-order valence-corrected chi connectivity index (χ2v) is 6.27. The van der Waals surface area contributed by atoms with E-state index >= 15 is 0 Å². The Morgan fingerprint density at radius 1 is 1.44 bits per heavy atom. The highest BCUT2D eigenvalue weighted by Crippen LogP contribution is 2.26. The highest BCUT2D eigenvalue weighted by Gasteiger charge is 2.10. The number of pyridine rings is 1. The number of thiophene rings is 1. The monoisotopic (exact) mass is 297 g/mol. The Kier molecular flexibility index (Phi) is 3.74. The van der Waals surface area contributed by atoms with Crippen LogP contribution in [0.5, 0.6) is 0 Å². The quantitative estimate of drug-likeness (QED) is 0.941. The lowest BCUT2D eigenvalue weighted by atomic mass is 10.1. The minimum atomic E-state index is -0.474. The zero-order valence-corrected chi connectivity index (χ0v) is 11.3. The van der Waals surface area contributed by atoms with Crippen LogP contribution < -0.4 is 0 Å². The molecule has 0 amide bonds. The summed E-state index contributed by atoms with van der Waals surface area (Å²) in [6, 6.07) is 6.00. The molecule has 4 heteroatoms. The number of halogens is 1. The van der Waals surface area contributed by atoms with Gasteiger partial charge in [-0.15, -0.1) is 11.3 Å². The second-order valence-electron chi connectivity index (χ2n) is 3.72. The smallest absolute Gasteiger partial charge is 0.0853 e. The van der Waals surface area contributed by atoms with Crippen molar-refractivity contribution in [2.75, 3.05) is 0 Å². The van der Waals surface area contributed by atoms with E-state index in [1.807, 2.05) is 25.1 Å². The van der Waals surface area contributed by atoms with E-state index in [-0.39, 0.29) is 0 Å². The molecule has 1 unspecified atom stereocenters. The van der Waals surface area contributed by atoms with E-state index in [1.165, 1.54) is 4.88 Å². The molecule has 0 radical (unpaired) electrons. The van der Waals surface area contributed by atoms with Crippen LogP contribution in [-0.2, 0) is 6.42 Å². The molecule has 1 atom stereocenters. The van der Waals surface area contributed by atoms with E-state index in [2.05, 4.69) is 20.9 Å². The van der Waals surface area contributed by atoms with Crippen LogP contribution in [0.3, 0.4) is 0 Å². The van der Waals surface area contributed by atoms with Crippen molar-refractivity contribution in [3.05, 3.63) is 50.4 Å². The van der Waals surface area contributed by atoms with Gasteiger partial charge in [0.15, 0.2) is 0 Å². The number of aliphatic hydroxyl groups excluding tert-OH is 1. The van der Waals surface area contributed by atoms with Gasteiger partial charge in [0.1, 0.15) is 0 Å². The first kappa shape index (κ1) is 11.8. The van der Waals surface area contributed by atoms with Gasteiger partial charge < -0.3 is 5.11 Å².